The third-order valence-electron chi connectivity index (χ3n) is 6.68. The zero-order chi connectivity index (χ0) is 25.6. The fraction of sp³-hybridized carbons (Fsp3) is 0.692. The third-order valence-corrected chi connectivity index (χ3v) is 9.06. The highest BCUT2D eigenvalue weighted by Crippen LogP contribution is 2.54. The summed E-state index contributed by atoms with van der Waals surface area (Å²) in [5.41, 5.74) is 2.84. The summed E-state index contributed by atoms with van der Waals surface area (Å²) in [6.45, 7) is 11.6. The molecule has 0 heterocycles. The molecule has 1 aliphatic carbocycles. The van der Waals surface area contributed by atoms with Gasteiger partial charge in [0.15, 0.2) is 0 Å². The molecule has 6 nitrogen and oxygen atoms in total. The second-order valence-corrected chi connectivity index (χ2v) is 14.4. The van der Waals surface area contributed by atoms with E-state index in [2.05, 4.69) is 33.8 Å². The smallest absolute Gasteiger partial charge is 0.375 e. The van der Waals surface area contributed by atoms with E-state index < -0.39 is 15.2 Å². The van der Waals surface area contributed by atoms with Crippen molar-refractivity contribution in [3.05, 3.63) is 34.9 Å². The van der Waals surface area contributed by atoms with Crippen LogP contribution >= 0.6 is 15.2 Å². The second-order valence-electron chi connectivity index (χ2n) is 10.2. The number of rotatable bonds is 13. The first-order chi connectivity index (χ1) is 15.8. The molecule has 0 aliphatic heterocycles. The Balaban J connectivity index is 2.68. The van der Waals surface area contributed by atoms with Crippen molar-refractivity contribution < 1.29 is 27.2 Å². The summed E-state index contributed by atoms with van der Waals surface area (Å²) in [7, 11) is -3.92. The number of benzene rings is 1. The summed E-state index contributed by atoms with van der Waals surface area (Å²) in [6, 6.07) is 3.95. The Morgan fingerprint density at radius 2 is 1.53 bits per heavy atom. The molecule has 194 valence electrons. The number of allylic oxidation sites excluding steroid dienone is 2. The molecule has 3 atom stereocenters. The molecule has 0 aromatic heterocycles. The van der Waals surface area contributed by atoms with Gasteiger partial charge in [-0.2, -0.15) is 0 Å². The van der Waals surface area contributed by atoms with Crippen molar-refractivity contribution in [3.63, 3.8) is 0 Å². The van der Waals surface area contributed by atoms with Crippen LogP contribution < -0.4 is 9.05 Å². The van der Waals surface area contributed by atoms with Crippen LogP contribution in [0.5, 0.6) is 11.5 Å². The Morgan fingerprint density at radius 1 is 0.971 bits per heavy atom. The van der Waals surface area contributed by atoms with Crippen LogP contribution in [0.25, 0.3) is 0 Å². The minimum absolute atomic E-state index is 0.00539. The molecule has 3 unspecified atom stereocenters. The fourth-order valence-electron chi connectivity index (χ4n) is 4.42. The maximum Gasteiger partial charge on any atom is 0.375 e. The average molecular weight is 515 g/mol. The van der Waals surface area contributed by atoms with Gasteiger partial charge >= 0.3 is 15.2 Å². The molecule has 1 aliphatic rings. The normalized spacial score (nSPS) is 20.2. The van der Waals surface area contributed by atoms with Gasteiger partial charge in [0.2, 0.25) is 0 Å². The quantitative estimate of drug-likeness (QED) is 0.149. The van der Waals surface area contributed by atoms with E-state index in [1.807, 2.05) is 12.1 Å². The molecular formula is C26H44O6P2. The van der Waals surface area contributed by atoms with E-state index in [9.17, 15) is 9.13 Å². The number of hydrogen-bond donors (Lipinski definition) is 0. The highest BCUT2D eigenvalue weighted by Gasteiger charge is 2.32. The van der Waals surface area contributed by atoms with Crippen molar-refractivity contribution in [2.45, 2.75) is 90.4 Å². The maximum absolute atomic E-state index is 12.9. The minimum Gasteiger partial charge on any atom is -0.424 e. The van der Waals surface area contributed by atoms with E-state index in [-0.39, 0.29) is 11.3 Å². The highest BCUT2D eigenvalue weighted by molar-refractivity contribution is 7.53. The largest absolute Gasteiger partial charge is 0.424 e. The van der Waals surface area contributed by atoms with Crippen molar-refractivity contribution >= 4 is 15.2 Å². The molecule has 1 aromatic carbocycles. The first-order valence-electron chi connectivity index (χ1n) is 12.4. The Hall–Kier alpha value is -1.06. The van der Waals surface area contributed by atoms with Gasteiger partial charge in [-0.05, 0) is 55.7 Å². The molecule has 0 bridgehead atoms. The third kappa shape index (κ3) is 8.26. The topological polar surface area (TPSA) is 71.1 Å². The van der Waals surface area contributed by atoms with Gasteiger partial charge in [0, 0.05) is 39.0 Å². The molecule has 2 rings (SSSR count). The van der Waals surface area contributed by atoms with Gasteiger partial charge in [-0.1, -0.05) is 58.1 Å². The van der Waals surface area contributed by atoms with Crippen molar-refractivity contribution in [1.82, 2.24) is 0 Å². The van der Waals surface area contributed by atoms with Crippen molar-refractivity contribution in [3.8, 4) is 11.5 Å². The van der Waals surface area contributed by atoms with Gasteiger partial charge in [0.1, 0.15) is 11.5 Å². The van der Waals surface area contributed by atoms with Gasteiger partial charge < -0.3 is 18.1 Å². The Bertz CT molecular complexity index is 906. The first kappa shape index (κ1) is 29.2. The summed E-state index contributed by atoms with van der Waals surface area (Å²) in [5.74, 6) is 0.928. The number of hydrogen-bond acceptors (Lipinski definition) is 6. The molecule has 0 spiro atoms. The zero-order valence-corrected chi connectivity index (χ0v) is 24.1. The lowest BCUT2D eigenvalue weighted by molar-refractivity contribution is 0.320. The summed E-state index contributed by atoms with van der Waals surface area (Å²) in [4.78, 5) is 0. The fourth-order valence-corrected chi connectivity index (χ4v) is 5.58. The van der Waals surface area contributed by atoms with Crippen LogP contribution in [-0.4, -0.2) is 27.5 Å². The highest BCUT2D eigenvalue weighted by atomic mass is 31.2. The van der Waals surface area contributed by atoms with Crippen LogP contribution in [0.2, 0.25) is 0 Å². The van der Waals surface area contributed by atoms with Crippen LogP contribution in [0.3, 0.4) is 0 Å². The summed E-state index contributed by atoms with van der Waals surface area (Å²) < 4.78 is 48.3. The SMILES string of the molecule is CCCCCCC(C)(C)c1cc(OP(C)(=O)OC)c(C2C=C(C)CCC2)c(OP(C)(=O)OC)c1. The summed E-state index contributed by atoms with van der Waals surface area (Å²) in [5, 5.41) is 0. The van der Waals surface area contributed by atoms with Crippen LogP contribution in [-0.2, 0) is 23.6 Å². The standard InChI is InChI=1S/C26H44O6P2/c1-9-10-11-12-16-26(3,4)22-18-23(31-33(7,27)29-5)25(21-15-13-14-20(2)17-21)24(19-22)32-34(8,28)30-6/h17-19,21H,9-16H2,1-8H3. The van der Waals surface area contributed by atoms with E-state index in [1.54, 1.807) is 0 Å². The molecule has 0 fully saturated rings. The molecule has 1 aromatic rings. The molecular weight excluding hydrogens is 470 g/mol. The average Bonchev–Trinajstić information content (AvgIpc) is 2.76. The van der Waals surface area contributed by atoms with Gasteiger partial charge in [-0.25, -0.2) is 9.13 Å². The lowest BCUT2D eigenvalue weighted by Crippen LogP contribution is -2.18. The lowest BCUT2D eigenvalue weighted by Gasteiger charge is -2.31. The van der Waals surface area contributed by atoms with Gasteiger partial charge in [0.05, 0.1) is 0 Å². The van der Waals surface area contributed by atoms with Gasteiger partial charge in [-0.3, -0.25) is 0 Å². The predicted octanol–water partition coefficient (Wildman–Crippen LogP) is 8.84. The Labute approximate surface area is 206 Å². The Morgan fingerprint density at radius 3 is 2.00 bits per heavy atom. The molecule has 0 N–H and O–H groups in total. The van der Waals surface area contributed by atoms with Crippen LogP contribution in [0.4, 0.5) is 0 Å². The van der Waals surface area contributed by atoms with Crippen LogP contribution in [0.1, 0.15) is 96.1 Å². The molecule has 0 saturated heterocycles. The van der Waals surface area contributed by atoms with E-state index in [1.165, 1.54) is 52.4 Å². The molecule has 8 heteroatoms. The second kappa shape index (κ2) is 12.3. The Kier molecular flexibility index (Phi) is 10.5. The van der Waals surface area contributed by atoms with Crippen LogP contribution in [0, 0.1) is 0 Å². The number of unbranched alkanes of at least 4 members (excludes halogenated alkanes) is 3. The molecule has 0 radical (unpaired) electrons. The first-order valence-corrected chi connectivity index (χ1v) is 16.3. The summed E-state index contributed by atoms with van der Waals surface area (Å²) in [6.07, 6.45) is 10.8. The lowest BCUT2D eigenvalue weighted by atomic mass is 9.78. The molecule has 0 amide bonds. The minimum atomic E-state index is -3.35. The predicted molar refractivity (Wildman–Crippen MR) is 141 cm³/mol. The van der Waals surface area contributed by atoms with E-state index in [4.69, 9.17) is 18.1 Å². The van der Waals surface area contributed by atoms with Gasteiger partial charge in [-0.15, -0.1) is 0 Å². The van der Waals surface area contributed by atoms with E-state index in [0.29, 0.717) is 11.5 Å². The van der Waals surface area contributed by atoms with E-state index in [0.717, 1.165) is 43.2 Å². The van der Waals surface area contributed by atoms with Crippen LogP contribution in [0.15, 0.2) is 23.8 Å². The maximum atomic E-state index is 12.9. The zero-order valence-electron chi connectivity index (χ0n) is 22.3. The summed E-state index contributed by atoms with van der Waals surface area (Å²) >= 11 is 0. The molecule has 34 heavy (non-hydrogen) atoms. The monoisotopic (exact) mass is 514 g/mol. The van der Waals surface area contributed by atoms with E-state index >= 15 is 0 Å². The van der Waals surface area contributed by atoms with Crippen molar-refractivity contribution in [1.29, 1.82) is 0 Å². The van der Waals surface area contributed by atoms with Crippen molar-refractivity contribution in [2.24, 2.45) is 0 Å². The van der Waals surface area contributed by atoms with Crippen molar-refractivity contribution in [2.75, 3.05) is 27.5 Å². The van der Waals surface area contributed by atoms with Gasteiger partial charge in [0.25, 0.3) is 0 Å². The molecule has 0 saturated carbocycles.